The van der Waals surface area contributed by atoms with E-state index in [-0.39, 0.29) is 11.8 Å². The Kier molecular flexibility index (Phi) is 5.08. The largest absolute Gasteiger partial charge is 0.274 e. The van der Waals surface area contributed by atoms with Crippen LogP contribution in [0.3, 0.4) is 0 Å². The van der Waals surface area contributed by atoms with Crippen molar-refractivity contribution in [1.82, 2.24) is 24.8 Å². The molecule has 26 heavy (non-hydrogen) atoms. The quantitative estimate of drug-likeness (QED) is 0.774. The topological polar surface area (TPSA) is 71.3 Å². The SMILES string of the molecule is Cc1ncccc1C(=O)N1CCCN1C(=O)C=Cc1c(C)nn(C)c1Cl. The van der Waals surface area contributed by atoms with E-state index in [0.29, 0.717) is 35.1 Å². The predicted octanol–water partition coefficient (Wildman–Crippen LogP) is 2.39. The number of amides is 2. The Hall–Kier alpha value is -2.67. The minimum absolute atomic E-state index is 0.217. The van der Waals surface area contributed by atoms with Gasteiger partial charge in [0.15, 0.2) is 0 Å². The first-order chi connectivity index (χ1) is 12.4. The number of hydrogen-bond acceptors (Lipinski definition) is 4. The predicted molar refractivity (Wildman–Crippen MR) is 98.3 cm³/mol. The summed E-state index contributed by atoms with van der Waals surface area (Å²) >= 11 is 6.19. The molecule has 0 N–H and O–H groups in total. The van der Waals surface area contributed by atoms with Crippen LogP contribution in [0.1, 0.15) is 33.7 Å². The molecule has 3 heterocycles. The number of aryl methyl sites for hydroxylation is 3. The van der Waals surface area contributed by atoms with Crippen LogP contribution in [-0.2, 0) is 11.8 Å². The molecule has 7 nitrogen and oxygen atoms in total. The fourth-order valence-corrected chi connectivity index (χ4v) is 3.22. The second-order valence-electron chi connectivity index (χ2n) is 6.13. The Labute approximate surface area is 156 Å². The zero-order valence-corrected chi connectivity index (χ0v) is 15.7. The van der Waals surface area contributed by atoms with Crippen LogP contribution < -0.4 is 0 Å². The van der Waals surface area contributed by atoms with Gasteiger partial charge in [0.05, 0.1) is 17.0 Å². The molecule has 2 aromatic rings. The highest BCUT2D eigenvalue weighted by Gasteiger charge is 2.31. The van der Waals surface area contributed by atoms with Crippen LogP contribution in [0.2, 0.25) is 5.15 Å². The first-order valence-electron chi connectivity index (χ1n) is 8.32. The molecule has 8 heteroatoms. The standard InChI is InChI=1S/C18H20ClN5O2/c1-12-15(6-4-9-20-12)18(26)24-11-5-10-23(24)16(25)8-7-14-13(2)21-22(3)17(14)19/h4,6-9H,5,10-11H2,1-3H3. The molecular formula is C18H20ClN5O2. The zero-order chi connectivity index (χ0) is 18.8. The molecular weight excluding hydrogens is 354 g/mol. The maximum absolute atomic E-state index is 12.8. The smallest absolute Gasteiger partial charge is 0.268 e. The average Bonchev–Trinajstić information content (AvgIpc) is 3.19. The summed E-state index contributed by atoms with van der Waals surface area (Å²) in [6.07, 6.45) is 5.44. The van der Waals surface area contributed by atoms with Gasteiger partial charge in [0.1, 0.15) is 5.15 Å². The molecule has 1 aliphatic rings. The van der Waals surface area contributed by atoms with Crippen LogP contribution in [0.5, 0.6) is 0 Å². The Morgan fingerprint density at radius 1 is 1.19 bits per heavy atom. The molecule has 3 rings (SSSR count). The second kappa shape index (κ2) is 7.29. The van der Waals surface area contributed by atoms with Gasteiger partial charge in [0, 0.05) is 38.0 Å². The minimum atomic E-state index is -0.267. The summed E-state index contributed by atoms with van der Waals surface area (Å²) in [5.41, 5.74) is 2.58. The van der Waals surface area contributed by atoms with Crippen LogP contribution >= 0.6 is 11.6 Å². The number of carbonyl (C=O) groups excluding carboxylic acids is 2. The molecule has 0 saturated carbocycles. The molecule has 0 unspecified atom stereocenters. The van der Waals surface area contributed by atoms with Gasteiger partial charge in [0.25, 0.3) is 11.8 Å². The summed E-state index contributed by atoms with van der Waals surface area (Å²) in [4.78, 5) is 29.6. The number of carbonyl (C=O) groups is 2. The van der Waals surface area contributed by atoms with Crippen LogP contribution in [0.25, 0.3) is 6.08 Å². The number of aromatic nitrogens is 3. The van der Waals surface area contributed by atoms with E-state index < -0.39 is 0 Å². The van der Waals surface area contributed by atoms with E-state index in [2.05, 4.69) is 10.1 Å². The van der Waals surface area contributed by atoms with Gasteiger partial charge in [-0.3, -0.25) is 19.3 Å². The molecule has 0 bridgehead atoms. The fourth-order valence-electron chi connectivity index (χ4n) is 2.98. The molecule has 0 spiro atoms. The summed E-state index contributed by atoms with van der Waals surface area (Å²) in [6.45, 7) is 4.60. The normalized spacial score (nSPS) is 14.5. The summed E-state index contributed by atoms with van der Waals surface area (Å²) in [6, 6.07) is 3.44. The van der Waals surface area contributed by atoms with E-state index in [1.807, 2.05) is 6.92 Å². The first-order valence-corrected chi connectivity index (χ1v) is 8.70. The number of hydrazine groups is 1. The van der Waals surface area contributed by atoms with E-state index in [9.17, 15) is 9.59 Å². The fraction of sp³-hybridized carbons (Fsp3) is 0.333. The van der Waals surface area contributed by atoms with Crippen molar-refractivity contribution in [3.8, 4) is 0 Å². The van der Waals surface area contributed by atoms with Gasteiger partial charge in [-0.25, -0.2) is 10.0 Å². The molecule has 0 radical (unpaired) electrons. The summed E-state index contributed by atoms with van der Waals surface area (Å²) in [5, 5.41) is 7.62. The zero-order valence-electron chi connectivity index (χ0n) is 14.9. The molecule has 2 amide bonds. The Bertz CT molecular complexity index is 890. The van der Waals surface area contributed by atoms with Gasteiger partial charge in [-0.1, -0.05) is 11.6 Å². The maximum atomic E-state index is 12.8. The lowest BCUT2D eigenvalue weighted by Crippen LogP contribution is -2.44. The highest BCUT2D eigenvalue weighted by molar-refractivity contribution is 6.31. The first kappa shape index (κ1) is 18.1. The highest BCUT2D eigenvalue weighted by Crippen LogP contribution is 2.21. The summed E-state index contributed by atoms with van der Waals surface area (Å²) in [7, 11) is 1.74. The number of rotatable bonds is 3. The number of hydrogen-bond donors (Lipinski definition) is 0. The Morgan fingerprint density at radius 2 is 1.92 bits per heavy atom. The number of halogens is 1. The van der Waals surface area contributed by atoms with Crippen molar-refractivity contribution in [3.63, 3.8) is 0 Å². The minimum Gasteiger partial charge on any atom is -0.268 e. The molecule has 2 aromatic heterocycles. The van der Waals surface area contributed by atoms with E-state index in [4.69, 9.17) is 11.6 Å². The van der Waals surface area contributed by atoms with E-state index in [1.165, 1.54) is 16.1 Å². The molecule has 1 aliphatic heterocycles. The maximum Gasteiger partial charge on any atom is 0.274 e. The van der Waals surface area contributed by atoms with Crippen molar-refractivity contribution in [2.45, 2.75) is 20.3 Å². The highest BCUT2D eigenvalue weighted by atomic mass is 35.5. The number of nitrogens with zero attached hydrogens (tertiary/aromatic N) is 5. The second-order valence-corrected chi connectivity index (χ2v) is 6.48. The van der Waals surface area contributed by atoms with Crippen molar-refractivity contribution in [2.24, 2.45) is 7.05 Å². The van der Waals surface area contributed by atoms with Gasteiger partial charge in [0.2, 0.25) is 0 Å². The summed E-state index contributed by atoms with van der Waals surface area (Å²) < 4.78 is 1.55. The van der Waals surface area contributed by atoms with Crippen molar-refractivity contribution in [2.75, 3.05) is 13.1 Å². The third kappa shape index (κ3) is 3.35. The van der Waals surface area contributed by atoms with Gasteiger partial charge in [-0.2, -0.15) is 5.10 Å². The lowest BCUT2D eigenvalue weighted by atomic mass is 10.2. The van der Waals surface area contributed by atoms with Crippen LogP contribution in [0, 0.1) is 13.8 Å². The van der Waals surface area contributed by atoms with Gasteiger partial charge >= 0.3 is 0 Å². The van der Waals surface area contributed by atoms with Gasteiger partial charge in [-0.05, 0) is 38.5 Å². The lowest BCUT2D eigenvalue weighted by molar-refractivity contribution is -0.134. The van der Waals surface area contributed by atoms with Crippen LogP contribution in [0.15, 0.2) is 24.4 Å². The average molecular weight is 374 g/mol. The van der Waals surface area contributed by atoms with E-state index in [0.717, 1.165) is 12.1 Å². The Balaban J connectivity index is 1.79. The Morgan fingerprint density at radius 3 is 2.58 bits per heavy atom. The third-order valence-corrected chi connectivity index (χ3v) is 4.79. The van der Waals surface area contributed by atoms with Crippen LogP contribution in [0.4, 0.5) is 0 Å². The van der Waals surface area contributed by atoms with Crippen molar-refractivity contribution in [1.29, 1.82) is 0 Å². The van der Waals surface area contributed by atoms with Crippen molar-refractivity contribution in [3.05, 3.63) is 52.1 Å². The third-order valence-electron chi connectivity index (χ3n) is 4.35. The van der Waals surface area contributed by atoms with E-state index >= 15 is 0 Å². The molecule has 0 aromatic carbocycles. The molecule has 0 atom stereocenters. The molecule has 1 saturated heterocycles. The van der Waals surface area contributed by atoms with Crippen molar-refractivity contribution < 1.29 is 9.59 Å². The molecule has 136 valence electrons. The van der Waals surface area contributed by atoms with Crippen LogP contribution in [-0.4, -0.2) is 49.7 Å². The van der Waals surface area contributed by atoms with Gasteiger partial charge < -0.3 is 0 Å². The van der Waals surface area contributed by atoms with Crippen molar-refractivity contribution >= 4 is 29.5 Å². The van der Waals surface area contributed by atoms with E-state index in [1.54, 1.807) is 43.1 Å². The number of pyridine rings is 1. The van der Waals surface area contributed by atoms with Gasteiger partial charge in [-0.15, -0.1) is 0 Å². The summed E-state index contributed by atoms with van der Waals surface area (Å²) in [5.74, 6) is -0.484. The monoisotopic (exact) mass is 373 g/mol. The molecule has 0 aliphatic carbocycles. The molecule has 1 fully saturated rings. The lowest BCUT2D eigenvalue weighted by Gasteiger charge is -2.27.